The van der Waals surface area contributed by atoms with Gasteiger partial charge in [0, 0.05) is 22.8 Å². The SMILES string of the molecule is CC(C)(C)NC(=O)[C@@H]1CCCN1C(=O)Nc1ccc(Cl)cc1. The van der Waals surface area contributed by atoms with Gasteiger partial charge in [0.1, 0.15) is 6.04 Å². The van der Waals surface area contributed by atoms with Gasteiger partial charge in [0.2, 0.25) is 5.91 Å². The van der Waals surface area contributed by atoms with Gasteiger partial charge in [-0.05, 0) is 57.9 Å². The summed E-state index contributed by atoms with van der Waals surface area (Å²) < 4.78 is 0. The summed E-state index contributed by atoms with van der Waals surface area (Å²) in [6.07, 6.45) is 1.52. The summed E-state index contributed by atoms with van der Waals surface area (Å²) in [5.41, 5.74) is 0.356. The van der Waals surface area contributed by atoms with E-state index < -0.39 is 6.04 Å². The van der Waals surface area contributed by atoms with Gasteiger partial charge in [-0.1, -0.05) is 11.6 Å². The number of nitrogens with zero attached hydrogens (tertiary/aromatic N) is 1. The highest BCUT2D eigenvalue weighted by Gasteiger charge is 2.35. The molecule has 1 fully saturated rings. The molecule has 0 saturated carbocycles. The molecule has 120 valence electrons. The molecule has 1 heterocycles. The van der Waals surface area contributed by atoms with Crippen molar-refractivity contribution >= 4 is 29.2 Å². The van der Waals surface area contributed by atoms with E-state index in [4.69, 9.17) is 11.6 Å². The topological polar surface area (TPSA) is 61.4 Å². The summed E-state index contributed by atoms with van der Waals surface area (Å²) >= 11 is 5.83. The van der Waals surface area contributed by atoms with E-state index in [1.54, 1.807) is 29.2 Å². The molecule has 0 unspecified atom stereocenters. The van der Waals surface area contributed by atoms with Crippen LogP contribution >= 0.6 is 11.6 Å². The van der Waals surface area contributed by atoms with E-state index in [0.29, 0.717) is 23.7 Å². The zero-order valence-corrected chi connectivity index (χ0v) is 13.9. The molecular weight excluding hydrogens is 302 g/mol. The maximum atomic E-state index is 12.4. The highest BCUT2D eigenvalue weighted by Crippen LogP contribution is 2.20. The Balaban J connectivity index is 2.01. The fourth-order valence-electron chi connectivity index (χ4n) is 2.46. The lowest BCUT2D eigenvalue weighted by atomic mass is 10.1. The van der Waals surface area contributed by atoms with Crippen molar-refractivity contribution in [3.63, 3.8) is 0 Å². The number of carbonyl (C=O) groups is 2. The molecule has 0 radical (unpaired) electrons. The summed E-state index contributed by atoms with van der Waals surface area (Å²) in [6, 6.07) is 6.23. The predicted molar refractivity (Wildman–Crippen MR) is 88.1 cm³/mol. The number of carbonyl (C=O) groups excluding carboxylic acids is 2. The van der Waals surface area contributed by atoms with E-state index in [2.05, 4.69) is 10.6 Å². The molecule has 1 aromatic rings. The van der Waals surface area contributed by atoms with Gasteiger partial charge in [-0.2, -0.15) is 0 Å². The predicted octanol–water partition coefficient (Wildman–Crippen LogP) is 3.25. The van der Waals surface area contributed by atoms with Gasteiger partial charge in [-0.3, -0.25) is 4.79 Å². The van der Waals surface area contributed by atoms with Gasteiger partial charge >= 0.3 is 6.03 Å². The Kier molecular flexibility index (Phi) is 4.96. The van der Waals surface area contributed by atoms with Crippen LogP contribution in [0.4, 0.5) is 10.5 Å². The summed E-state index contributed by atoms with van der Waals surface area (Å²) in [5, 5.41) is 6.36. The maximum Gasteiger partial charge on any atom is 0.322 e. The number of hydrogen-bond donors (Lipinski definition) is 2. The minimum atomic E-state index is -0.411. The first kappa shape index (κ1) is 16.6. The molecule has 1 atom stereocenters. The third-order valence-electron chi connectivity index (χ3n) is 3.41. The van der Waals surface area contributed by atoms with Crippen molar-refractivity contribution in [2.24, 2.45) is 0 Å². The minimum Gasteiger partial charge on any atom is -0.350 e. The smallest absolute Gasteiger partial charge is 0.322 e. The standard InChI is InChI=1S/C16H22ClN3O2/c1-16(2,3)19-14(21)13-5-4-10-20(13)15(22)18-12-8-6-11(17)7-9-12/h6-9,13H,4-5,10H2,1-3H3,(H,18,22)(H,19,21)/t13-/m0/s1. The lowest BCUT2D eigenvalue weighted by Crippen LogP contribution is -2.52. The maximum absolute atomic E-state index is 12.4. The second-order valence-corrected chi connectivity index (χ2v) is 6.96. The fraction of sp³-hybridized carbons (Fsp3) is 0.500. The number of urea groups is 1. The number of amides is 3. The van der Waals surface area contributed by atoms with E-state index in [1.807, 2.05) is 20.8 Å². The third kappa shape index (κ3) is 4.37. The van der Waals surface area contributed by atoms with Crippen molar-refractivity contribution in [2.75, 3.05) is 11.9 Å². The van der Waals surface area contributed by atoms with Crippen molar-refractivity contribution in [2.45, 2.75) is 45.2 Å². The summed E-state index contributed by atoms with van der Waals surface area (Å²) in [6.45, 7) is 6.37. The van der Waals surface area contributed by atoms with Crippen LogP contribution in [-0.2, 0) is 4.79 Å². The van der Waals surface area contributed by atoms with Crippen LogP contribution in [0.3, 0.4) is 0 Å². The Bertz CT molecular complexity index is 552. The molecule has 0 aromatic heterocycles. The Morgan fingerprint density at radius 3 is 2.45 bits per heavy atom. The number of rotatable bonds is 2. The zero-order valence-electron chi connectivity index (χ0n) is 13.1. The number of likely N-dealkylation sites (tertiary alicyclic amines) is 1. The van der Waals surface area contributed by atoms with Gasteiger partial charge in [-0.25, -0.2) is 4.79 Å². The number of nitrogens with one attached hydrogen (secondary N) is 2. The fourth-order valence-corrected chi connectivity index (χ4v) is 2.59. The number of hydrogen-bond acceptors (Lipinski definition) is 2. The molecule has 1 saturated heterocycles. The second-order valence-electron chi connectivity index (χ2n) is 6.53. The molecule has 3 amide bonds. The summed E-state index contributed by atoms with van der Waals surface area (Å²) in [5.74, 6) is -0.101. The van der Waals surface area contributed by atoms with Crippen molar-refractivity contribution in [1.29, 1.82) is 0 Å². The number of benzene rings is 1. The van der Waals surface area contributed by atoms with Crippen LogP contribution in [0.15, 0.2) is 24.3 Å². The largest absolute Gasteiger partial charge is 0.350 e. The normalized spacial score (nSPS) is 18.2. The molecule has 5 nitrogen and oxygen atoms in total. The molecule has 2 N–H and O–H groups in total. The van der Waals surface area contributed by atoms with E-state index in [0.717, 1.165) is 6.42 Å². The number of halogens is 1. The van der Waals surface area contributed by atoms with Crippen LogP contribution in [0.25, 0.3) is 0 Å². The molecule has 22 heavy (non-hydrogen) atoms. The van der Waals surface area contributed by atoms with Crippen molar-refractivity contribution in [3.05, 3.63) is 29.3 Å². The van der Waals surface area contributed by atoms with Crippen LogP contribution in [-0.4, -0.2) is 35.0 Å². The highest BCUT2D eigenvalue weighted by molar-refractivity contribution is 6.30. The Morgan fingerprint density at radius 1 is 1.23 bits per heavy atom. The van der Waals surface area contributed by atoms with Gasteiger partial charge in [0.05, 0.1) is 0 Å². The van der Waals surface area contributed by atoms with E-state index in [9.17, 15) is 9.59 Å². The van der Waals surface area contributed by atoms with E-state index >= 15 is 0 Å². The molecule has 1 aromatic carbocycles. The van der Waals surface area contributed by atoms with Crippen LogP contribution in [0, 0.1) is 0 Å². The molecule has 1 aliphatic rings. The Labute approximate surface area is 136 Å². The van der Waals surface area contributed by atoms with Crippen molar-refractivity contribution < 1.29 is 9.59 Å². The highest BCUT2D eigenvalue weighted by atomic mass is 35.5. The average molecular weight is 324 g/mol. The Hall–Kier alpha value is -1.75. The van der Waals surface area contributed by atoms with Gasteiger partial charge in [-0.15, -0.1) is 0 Å². The zero-order chi connectivity index (χ0) is 16.3. The first-order chi connectivity index (χ1) is 10.3. The van der Waals surface area contributed by atoms with Crippen molar-refractivity contribution in [3.8, 4) is 0 Å². The molecule has 0 bridgehead atoms. The average Bonchev–Trinajstić information content (AvgIpc) is 2.89. The molecule has 0 aliphatic carbocycles. The minimum absolute atomic E-state index is 0.101. The Morgan fingerprint density at radius 2 is 1.86 bits per heavy atom. The summed E-state index contributed by atoms with van der Waals surface area (Å²) in [4.78, 5) is 26.3. The van der Waals surface area contributed by atoms with E-state index in [1.165, 1.54) is 0 Å². The molecule has 2 rings (SSSR count). The molecule has 0 spiro atoms. The van der Waals surface area contributed by atoms with Gasteiger partial charge < -0.3 is 15.5 Å². The van der Waals surface area contributed by atoms with Crippen LogP contribution < -0.4 is 10.6 Å². The molecule has 6 heteroatoms. The van der Waals surface area contributed by atoms with Gasteiger partial charge in [0.25, 0.3) is 0 Å². The van der Waals surface area contributed by atoms with Crippen LogP contribution in [0.5, 0.6) is 0 Å². The quantitative estimate of drug-likeness (QED) is 0.877. The second kappa shape index (κ2) is 6.57. The summed E-state index contributed by atoms with van der Waals surface area (Å²) in [7, 11) is 0. The number of anilines is 1. The van der Waals surface area contributed by atoms with E-state index in [-0.39, 0.29) is 17.5 Å². The molecule has 1 aliphatic heterocycles. The van der Waals surface area contributed by atoms with Crippen LogP contribution in [0.1, 0.15) is 33.6 Å². The lowest BCUT2D eigenvalue weighted by molar-refractivity contribution is -0.126. The van der Waals surface area contributed by atoms with Crippen molar-refractivity contribution in [1.82, 2.24) is 10.2 Å². The third-order valence-corrected chi connectivity index (χ3v) is 3.66. The van der Waals surface area contributed by atoms with Crippen LogP contribution in [0.2, 0.25) is 5.02 Å². The lowest BCUT2D eigenvalue weighted by Gasteiger charge is -2.28. The monoisotopic (exact) mass is 323 g/mol. The first-order valence-electron chi connectivity index (χ1n) is 7.41. The molecular formula is C16H22ClN3O2. The first-order valence-corrected chi connectivity index (χ1v) is 7.79. The van der Waals surface area contributed by atoms with Gasteiger partial charge in [0.15, 0.2) is 0 Å².